The molecule has 0 fully saturated rings. The topological polar surface area (TPSA) is 551 Å². The van der Waals surface area contributed by atoms with Crippen molar-refractivity contribution in [2.24, 2.45) is 28.7 Å². The maximum Gasteiger partial charge on any atom is 0.247 e. The summed E-state index contributed by atoms with van der Waals surface area (Å²) >= 11 is 0. The number of fused-ring (bicyclic) bond motifs is 5. The maximum absolute atomic E-state index is 12.4. The van der Waals surface area contributed by atoms with E-state index in [4.69, 9.17) is 76.0 Å². The van der Waals surface area contributed by atoms with E-state index in [0.717, 1.165) is 62.1 Å². The van der Waals surface area contributed by atoms with E-state index in [2.05, 4.69) is 81.8 Å². The highest BCUT2D eigenvalue weighted by Crippen LogP contribution is 2.55. The van der Waals surface area contributed by atoms with Crippen LogP contribution in [0.1, 0.15) is 207 Å². The fourth-order valence-corrected chi connectivity index (χ4v) is 17.5. The highest BCUT2D eigenvalue weighted by Gasteiger charge is 2.43. The number of hydrogen-bond acceptors (Lipinski definition) is 30. The van der Waals surface area contributed by atoms with Gasteiger partial charge < -0.3 is 103 Å². The number of nitrogens with two attached hydrogens (primary N) is 5. The van der Waals surface area contributed by atoms with Crippen LogP contribution in [-0.2, 0) is 24.0 Å². The summed E-state index contributed by atoms with van der Waals surface area (Å²) in [6.07, 6.45) is 5.02. The lowest BCUT2D eigenvalue weighted by Crippen LogP contribution is -2.28. The third kappa shape index (κ3) is 21.6. The fourth-order valence-electron chi connectivity index (χ4n) is 17.5. The second-order valence-electron chi connectivity index (χ2n) is 31.6. The summed E-state index contributed by atoms with van der Waals surface area (Å²) in [5.41, 5.74) is 49.9. The third-order valence-corrected chi connectivity index (χ3v) is 23.1. The number of allylic oxidation sites excluding steroid dienone is 5. The molecule has 10 heterocycles. The highest BCUT2D eigenvalue weighted by atomic mass is 16.5. The number of primary amides is 5. The van der Waals surface area contributed by atoms with Crippen molar-refractivity contribution < 1.29 is 71.3 Å². The molecule has 5 aromatic carbocycles. The Balaban J connectivity index is 0.000000179. The van der Waals surface area contributed by atoms with Crippen molar-refractivity contribution in [2.75, 3.05) is 95.2 Å². The van der Waals surface area contributed by atoms with Gasteiger partial charge in [-0.1, -0.05) is 37.8 Å². The Hall–Kier alpha value is -17.7. The lowest BCUT2D eigenvalue weighted by atomic mass is 9.79. The summed E-state index contributed by atoms with van der Waals surface area (Å²) in [4.78, 5) is 84.0. The number of anilines is 5. The molecule has 0 unspecified atom stereocenters. The van der Waals surface area contributed by atoms with E-state index in [1.54, 1.807) is 123 Å². The molecule has 0 spiro atoms. The molecule has 10 aromatic rings. The molecule has 35 heteroatoms. The smallest absolute Gasteiger partial charge is 0.247 e. The minimum atomic E-state index is -0.548. The zero-order valence-electron chi connectivity index (χ0n) is 79.6. The average molecular weight is 1880 g/mol. The zero-order chi connectivity index (χ0) is 100. The predicted octanol–water partition coefficient (Wildman–Crippen LogP) is 14.9. The summed E-state index contributed by atoms with van der Waals surface area (Å²) in [6, 6.07) is 43.5. The first-order chi connectivity index (χ1) is 66.3. The minimum absolute atomic E-state index is 0. The predicted molar refractivity (Wildman–Crippen MR) is 523 cm³/mol. The van der Waals surface area contributed by atoms with Gasteiger partial charge in [-0.3, -0.25) is 24.0 Å². The molecule has 716 valence electrons. The molecule has 5 aromatic heterocycles. The van der Waals surface area contributed by atoms with Crippen molar-refractivity contribution in [1.29, 1.82) is 26.3 Å². The van der Waals surface area contributed by atoms with Crippen LogP contribution in [0.5, 0.6) is 58.1 Å². The number of benzene rings is 5. The van der Waals surface area contributed by atoms with Gasteiger partial charge in [0.2, 0.25) is 58.9 Å². The molecule has 5 amide bonds. The Labute approximate surface area is 806 Å². The van der Waals surface area contributed by atoms with Crippen LogP contribution in [-0.4, -0.2) is 123 Å². The molecule has 35 nitrogen and oxygen atoms in total. The molecule has 0 saturated carbocycles. The van der Waals surface area contributed by atoms with Crippen LogP contribution >= 0.6 is 0 Å². The summed E-state index contributed by atoms with van der Waals surface area (Å²) < 4.78 is 56.4. The first kappa shape index (κ1) is 103. The van der Waals surface area contributed by atoms with Crippen molar-refractivity contribution in [3.05, 3.63) is 291 Å². The van der Waals surface area contributed by atoms with Gasteiger partial charge in [-0.15, -0.1) is 0 Å². The minimum Gasteiger partial charge on any atom is -0.496 e. The number of nitriles is 5. The lowest BCUT2D eigenvalue weighted by Gasteiger charge is -2.32. The van der Waals surface area contributed by atoms with Crippen LogP contribution in [0.2, 0.25) is 0 Å². The lowest BCUT2D eigenvalue weighted by molar-refractivity contribution is -0.115. The van der Waals surface area contributed by atoms with E-state index < -0.39 is 59.1 Å². The third-order valence-electron chi connectivity index (χ3n) is 23.1. The van der Waals surface area contributed by atoms with E-state index >= 15 is 0 Å². The van der Waals surface area contributed by atoms with Gasteiger partial charge >= 0.3 is 0 Å². The molecule has 5 aliphatic heterocycles. The number of hydrogen-bond donors (Lipinski definition) is 10. The molecule has 5 aliphatic rings. The van der Waals surface area contributed by atoms with Crippen molar-refractivity contribution in [2.45, 2.75) is 127 Å². The van der Waals surface area contributed by atoms with Crippen LogP contribution in [0.25, 0.3) is 0 Å². The molecule has 0 saturated heterocycles. The number of aryl methyl sites for hydroxylation is 3. The molecular weight excluding hydrogens is 1770 g/mol. The summed E-state index contributed by atoms with van der Waals surface area (Å²) in [5, 5.41) is 62.2. The fraction of sp³-hybridized carbons (Fsp3) is 0.279. The van der Waals surface area contributed by atoms with E-state index in [0.29, 0.717) is 214 Å². The molecule has 5 atom stereocenters. The van der Waals surface area contributed by atoms with Crippen molar-refractivity contribution in [1.82, 2.24) is 24.9 Å². The number of amides is 5. The quantitative estimate of drug-likeness (QED) is 0.0254. The van der Waals surface area contributed by atoms with Gasteiger partial charge in [-0.2, -0.15) is 26.3 Å². The molecule has 15 N–H and O–H groups in total. The number of nitrogens with zero attached hydrogens (tertiary/aromatic N) is 10. The summed E-state index contributed by atoms with van der Waals surface area (Å²) in [7, 11) is 7.63. The van der Waals surface area contributed by atoms with E-state index in [1.165, 1.54) is 35.5 Å². The molecule has 0 radical (unpaired) electrons. The molecule has 139 heavy (non-hydrogen) atoms. The van der Waals surface area contributed by atoms with Crippen molar-refractivity contribution in [3.63, 3.8) is 0 Å². The van der Waals surface area contributed by atoms with Crippen LogP contribution in [0.15, 0.2) is 190 Å². The first-order valence-electron chi connectivity index (χ1n) is 43.7. The van der Waals surface area contributed by atoms with Gasteiger partial charge in [0.25, 0.3) is 0 Å². The molecule has 0 bridgehead atoms. The van der Waals surface area contributed by atoms with Gasteiger partial charge in [-0.05, 0) is 181 Å². The number of pyridine rings is 5. The van der Waals surface area contributed by atoms with Gasteiger partial charge in [0, 0.05) is 137 Å². The summed E-state index contributed by atoms with van der Waals surface area (Å²) in [5.74, 6) is -0.798. The molecule has 15 rings (SSSR count). The first-order valence-corrected chi connectivity index (χ1v) is 43.7. The normalized spacial score (nSPS) is 15.2. The average Bonchev–Trinajstić information content (AvgIpc) is 0.764. The van der Waals surface area contributed by atoms with E-state index in [-0.39, 0.29) is 7.43 Å². The van der Waals surface area contributed by atoms with E-state index in [9.17, 15) is 50.3 Å². The van der Waals surface area contributed by atoms with Gasteiger partial charge in [0.1, 0.15) is 28.7 Å². The Bertz CT molecular complexity index is 6580. The molecule has 0 aliphatic carbocycles. The highest BCUT2D eigenvalue weighted by molar-refractivity contribution is 6.02. The SMILES string of the molecule is C.CCOc1nc(C)cc2c1[C@@H](c1ccc(C#N)cc1OC)C(C(N)=O)=C(C)N2.CCOc1nc(C)cc2c1[C@H](c1ccc(C#N)cc1OC)C(C(N)=O)=C(C)N2.CCOc1ncc(C)c2c1[C@H](c1ccc(C#N)cc1OC)C(C(N)=O)=C(C)N2.CCOc1nccc2c1[C@@H](c1ccc(C#N)cc1OC)C(C(N)=O)=C(C)N2.CCOc1nccc2c1[C@H](c1ccc(C#N)cc1OC)C(C(N)=O)=C(C)N2. The van der Waals surface area contributed by atoms with Crippen molar-refractivity contribution in [3.8, 4) is 88.5 Å². The Kier molecular flexibility index (Phi) is 34.1. The molecular formula is C104H110N20O15. The van der Waals surface area contributed by atoms with Crippen LogP contribution in [0, 0.1) is 77.4 Å². The Morgan fingerprint density at radius 3 is 0.791 bits per heavy atom. The number of aromatic nitrogens is 5. The van der Waals surface area contributed by atoms with Crippen LogP contribution in [0.3, 0.4) is 0 Å². The maximum atomic E-state index is 12.4. The standard InChI is InChI=1S/3C21H22N4O3.2C20H20N4O3.CH4/c1-5-28-21-18-17(14-7-6-13(9-22)8-15(14)27-4)16(20(23)26)12(3)25-19(18)11(2)10-24-21;2*1-5-28-21-19-15(8-11(2)24-21)25-12(3)17(20(23)26)18(19)14-7-6-13(10-22)9-16(14)27-4;2*1-4-27-20-18-14(7-8-23-20)24-11(2)16(19(22)25)17(18)13-6-5-12(10-21)9-15(13)26-3;/h6-8,10,17,25H,5H2,1-4H3,(H2,23,26);2*6-9,18,25H,5H2,1-4H3,(H2,23,26);2*5-9,17,24H,4H2,1-3H3,(H2,22,25);1H4/t17-;2*18-;2*17-;/m11010./s1. The summed E-state index contributed by atoms with van der Waals surface area (Å²) in [6.45, 7) is 26.2. The second-order valence-corrected chi connectivity index (χ2v) is 31.6. The Morgan fingerprint density at radius 2 is 0.547 bits per heavy atom. The zero-order valence-corrected chi connectivity index (χ0v) is 79.6. The monoisotopic (exact) mass is 1880 g/mol. The number of methoxy groups -OCH3 is 5. The van der Waals surface area contributed by atoms with E-state index in [1.807, 2.05) is 100 Å². The largest absolute Gasteiger partial charge is 0.496 e. The number of carbonyl (C=O) groups is 5. The number of nitrogens with one attached hydrogen (secondary N) is 5. The Morgan fingerprint density at radius 1 is 0.317 bits per heavy atom. The van der Waals surface area contributed by atoms with Crippen LogP contribution < -0.4 is 103 Å². The number of rotatable bonds is 25. The van der Waals surface area contributed by atoms with Crippen LogP contribution in [0.4, 0.5) is 28.4 Å². The van der Waals surface area contributed by atoms with Gasteiger partial charge in [0.15, 0.2) is 0 Å². The van der Waals surface area contributed by atoms with Crippen molar-refractivity contribution >= 4 is 58.0 Å². The van der Waals surface area contributed by atoms with Gasteiger partial charge in [-0.25, -0.2) is 24.9 Å². The number of ether oxygens (including phenoxy) is 10. The van der Waals surface area contributed by atoms with Gasteiger partial charge in [0.05, 0.1) is 190 Å². The second kappa shape index (κ2) is 45.9. The number of carbonyl (C=O) groups excluding carboxylic acids is 5.